The van der Waals surface area contributed by atoms with Gasteiger partial charge in [-0.1, -0.05) is 0 Å². The summed E-state index contributed by atoms with van der Waals surface area (Å²) < 4.78 is 10.3. The molecule has 0 unspecified atom stereocenters. The van der Waals surface area contributed by atoms with Crippen molar-refractivity contribution in [2.75, 3.05) is 13.2 Å². The summed E-state index contributed by atoms with van der Waals surface area (Å²) in [5.74, 6) is -0.580. The van der Waals surface area contributed by atoms with Gasteiger partial charge in [-0.05, 0) is 41.8 Å². The Morgan fingerprint density at radius 2 is 2.28 bits per heavy atom. The van der Waals surface area contributed by atoms with Crippen LogP contribution in [0, 0.1) is 0 Å². The van der Waals surface area contributed by atoms with Crippen LogP contribution in [0.1, 0.15) is 30.1 Å². The minimum Gasteiger partial charge on any atom is -0.465 e. The Balaban J connectivity index is 2.08. The van der Waals surface area contributed by atoms with Gasteiger partial charge in [-0.2, -0.15) is 0 Å². The Labute approximate surface area is 113 Å². The Hall–Kier alpha value is -1.30. The van der Waals surface area contributed by atoms with E-state index in [0.717, 1.165) is 12.8 Å². The van der Waals surface area contributed by atoms with Crippen molar-refractivity contribution in [3.05, 3.63) is 22.6 Å². The number of esters is 1. The Bertz CT molecular complexity index is 453. The van der Waals surface area contributed by atoms with Crippen LogP contribution in [0.25, 0.3) is 0 Å². The highest BCUT2D eigenvalue weighted by Gasteiger charge is 2.35. The Kier molecular flexibility index (Phi) is 4.06. The molecule has 1 fully saturated rings. The van der Waals surface area contributed by atoms with E-state index in [4.69, 9.17) is 9.15 Å². The number of halogens is 1. The van der Waals surface area contributed by atoms with Crippen LogP contribution < -0.4 is 0 Å². The normalized spacial score (nSPS) is 14.3. The summed E-state index contributed by atoms with van der Waals surface area (Å²) in [5.41, 5.74) is 0.436. The molecule has 0 radical (unpaired) electrons. The van der Waals surface area contributed by atoms with E-state index in [1.165, 1.54) is 6.26 Å². The fourth-order valence-electron chi connectivity index (χ4n) is 1.70. The van der Waals surface area contributed by atoms with Crippen LogP contribution in [0.2, 0.25) is 0 Å². The van der Waals surface area contributed by atoms with Gasteiger partial charge in [0, 0.05) is 6.04 Å². The van der Waals surface area contributed by atoms with Crippen molar-refractivity contribution >= 4 is 27.8 Å². The van der Waals surface area contributed by atoms with Gasteiger partial charge in [-0.25, -0.2) is 0 Å². The first-order valence-electron chi connectivity index (χ1n) is 5.83. The predicted molar refractivity (Wildman–Crippen MR) is 67.1 cm³/mol. The molecule has 18 heavy (non-hydrogen) atoms. The van der Waals surface area contributed by atoms with E-state index in [-0.39, 0.29) is 24.5 Å². The largest absolute Gasteiger partial charge is 0.465 e. The third kappa shape index (κ3) is 2.93. The monoisotopic (exact) mass is 315 g/mol. The molecule has 2 rings (SSSR count). The molecule has 0 atom stereocenters. The smallest absolute Gasteiger partial charge is 0.325 e. The number of nitrogens with zero attached hydrogens (tertiary/aromatic N) is 1. The van der Waals surface area contributed by atoms with E-state index in [9.17, 15) is 9.59 Å². The topological polar surface area (TPSA) is 59.8 Å². The van der Waals surface area contributed by atoms with Crippen LogP contribution in [-0.2, 0) is 9.53 Å². The van der Waals surface area contributed by atoms with Gasteiger partial charge >= 0.3 is 5.97 Å². The molecule has 5 nitrogen and oxygen atoms in total. The molecule has 0 bridgehead atoms. The standard InChI is InChI=1S/C12H14BrNO4/c1-2-17-10(15)7-14(8-3-4-8)12(16)9-5-6-18-11(9)13/h5-6,8H,2-4,7H2,1H3. The molecule has 1 aromatic heterocycles. The number of carbonyl (C=O) groups is 2. The Morgan fingerprint density at radius 3 is 2.78 bits per heavy atom. The summed E-state index contributed by atoms with van der Waals surface area (Å²) in [7, 11) is 0. The van der Waals surface area contributed by atoms with Crippen LogP contribution >= 0.6 is 15.9 Å². The van der Waals surface area contributed by atoms with Crippen molar-refractivity contribution in [3.63, 3.8) is 0 Å². The molecular formula is C12H14BrNO4. The molecule has 0 aliphatic heterocycles. The molecule has 1 amide bonds. The molecule has 1 saturated carbocycles. The number of hydrogen-bond donors (Lipinski definition) is 0. The highest BCUT2D eigenvalue weighted by molar-refractivity contribution is 9.10. The zero-order valence-corrected chi connectivity index (χ0v) is 11.6. The molecule has 98 valence electrons. The quantitative estimate of drug-likeness (QED) is 0.782. The maximum atomic E-state index is 12.3. The summed E-state index contributed by atoms with van der Waals surface area (Å²) in [6.07, 6.45) is 3.30. The maximum Gasteiger partial charge on any atom is 0.325 e. The molecule has 1 heterocycles. The van der Waals surface area contributed by atoms with Gasteiger partial charge in [0.15, 0.2) is 4.67 Å². The summed E-state index contributed by atoms with van der Waals surface area (Å²) in [6, 6.07) is 1.73. The fraction of sp³-hybridized carbons (Fsp3) is 0.500. The highest BCUT2D eigenvalue weighted by atomic mass is 79.9. The molecule has 0 aromatic carbocycles. The number of hydrogen-bond acceptors (Lipinski definition) is 4. The first-order chi connectivity index (χ1) is 8.63. The summed E-state index contributed by atoms with van der Waals surface area (Å²) in [6.45, 7) is 2.06. The van der Waals surface area contributed by atoms with Crippen molar-refractivity contribution in [1.82, 2.24) is 4.90 Å². The van der Waals surface area contributed by atoms with E-state index in [1.807, 2.05) is 0 Å². The third-order valence-corrected chi connectivity index (χ3v) is 3.32. The number of furan rings is 1. The second-order valence-corrected chi connectivity index (χ2v) is 4.80. The minimum absolute atomic E-state index is 0.00500. The number of carbonyl (C=O) groups excluding carboxylic acids is 2. The molecule has 6 heteroatoms. The van der Waals surface area contributed by atoms with Crippen LogP contribution in [0.3, 0.4) is 0 Å². The molecule has 1 aliphatic rings. The van der Waals surface area contributed by atoms with Gasteiger partial charge in [0.2, 0.25) is 0 Å². The lowest BCUT2D eigenvalue weighted by molar-refractivity contribution is -0.144. The summed E-state index contributed by atoms with van der Waals surface area (Å²) in [5, 5.41) is 0. The van der Waals surface area contributed by atoms with Crippen LogP contribution in [0.5, 0.6) is 0 Å². The lowest BCUT2D eigenvalue weighted by Gasteiger charge is -2.20. The van der Waals surface area contributed by atoms with Crippen molar-refractivity contribution in [1.29, 1.82) is 0 Å². The SMILES string of the molecule is CCOC(=O)CN(C(=O)c1ccoc1Br)C1CC1. The van der Waals surface area contributed by atoms with E-state index < -0.39 is 0 Å². The van der Waals surface area contributed by atoms with E-state index >= 15 is 0 Å². The summed E-state index contributed by atoms with van der Waals surface area (Å²) in [4.78, 5) is 25.3. The van der Waals surface area contributed by atoms with Gasteiger partial charge in [-0.15, -0.1) is 0 Å². The van der Waals surface area contributed by atoms with Crippen molar-refractivity contribution in [2.24, 2.45) is 0 Å². The molecule has 0 N–H and O–H groups in total. The molecule has 0 spiro atoms. The van der Waals surface area contributed by atoms with Crippen molar-refractivity contribution in [3.8, 4) is 0 Å². The van der Waals surface area contributed by atoms with Gasteiger partial charge in [0.1, 0.15) is 6.54 Å². The van der Waals surface area contributed by atoms with Crippen molar-refractivity contribution in [2.45, 2.75) is 25.8 Å². The summed E-state index contributed by atoms with van der Waals surface area (Å²) >= 11 is 3.17. The predicted octanol–water partition coefficient (Wildman–Crippen LogP) is 2.21. The van der Waals surface area contributed by atoms with Crippen LogP contribution in [0.4, 0.5) is 0 Å². The van der Waals surface area contributed by atoms with Gasteiger partial charge in [0.25, 0.3) is 5.91 Å². The zero-order valence-electron chi connectivity index (χ0n) is 10.0. The minimum atomic E-state index is -0.377. The molecule has 1 aliphatic carbocycles. The highest BCUT2D eigenvalue weighted by Crippen LogP contribution is 2.30. The second kappa shape index (κ2) is 5.56. The van der Waals surface area contributed by atoms with Gasteiger partial charge in [-0.3, -0.25) is 9.59 Å². The first-order valence-corrected chi connectivity index (χ1v) is 6.62. The fourth-order valence-corrected chi connectivity index (χ4v) is 2.11. The average Bonchev–Trinajstić information content (AvgIpc) is 3.08. The Morgan fingerprint density at radius 1 is 1.56 bits per heavy atom. The van der Waals surface area contributed by atoms with E-state index in [2.05, 4.69) is 15.9 Å². The van der Waals surface area contributed by atoms with E-state index in [1.54, 1.807) is 17.9 Å². The zero-order chi connectivity index (χ0) is 13.1. The average molecular weight is 316 g/mol. The molecular weight excluding hydrogens is 302 g/mol. The maximum absolute atomic E-state index is 12.3. The molecule has 1 aromatic rings. The van der Waals surface area contributed by atoms with Gasteiger partial charge < -0.3 is 14.1 Å². The third-order valence-electron chi connectivity index (χ3n) is 2.70. The van der Waals surface area contributed by atoms with Crippen molar-refractivity contribution < 1.29 is 18.7 Å². The second-order valence-electron chi connectivity index (χ2n) is 4.08. The molecule has 0 saturated heterocycles. The number of ether oxygens (including phenoxy) is 1. The van der Waals surface area contributed by atoms with Crippen LogP contribution in [0.15, 0.2) is 21.4 Å². The number of amides is 1. The lowest BCUT2D eigenvalue weighted by atomic mass is 10.3. The first kappa shape index (κ1) is 13.1. The van der Waals surface area contributed by atoms with Gasteiger partial charge in [0.05, 0.1) is 18.4 Å². The van der Waals surface area contributed by atoms with Crippen LogP contribution in [-0.4, -0.2) is 36.0 Å². The number of rotatable bonds is 5. The van der Waals surface area contributed by atoms with E-state index in [0.29, 0.717) is 16.8 Å². The lowest BCUT2D eigenvalue weighted by Crippen LogP contribution is -2.38.